The smallest absolute Gasteiger partial charge is 0.248 e. The molecule has 1 aliphatic rings. The number of carbonyl (C=O) groups excluding carboxylic acids is 1. The lowest BCUT2D eigenvalue weighted by atomic mass is 9.80. The fourth-order valence-electron chi connectivity index (χ4n) is 1.77. The number of hydrogen-bond acceptors (Lipinski definition) is 2. The van der Waals surface area contributed by atoms with Crippen molar-refractivity contribution < 1.29 is 9.32 Å². The molecular formula is C10H20NO2Si. The van der Waals surface area contributed by atoms with Crippen molar-refractivity contribution >= 4 is 14.9 Å². The third-order valence-corrected chi connectivity index (χ3v) is 3.09. The van der Waals surface area contributed by atoms with Gasteiger partial charge in [-0.25, -0.2) is 5.06 Å². The molecule has 14 heavy (non-hydrogen) atoms. The topological polar surface area (TPSA) is 29.5 Å². The molecular weight excluding hydrogens is 194 g/mol. The average molecular weight is 214 g/mol. The molecule has 1 unspecified atom stereocenters. The largest absolute Gasteiger partial charge is 0.318 e. The first-order valence-electron chi connectivity index (χ1n) is 5.12. The molecule has 1 heterocycles. The van der Waals surface area contributed by atoms with Gasteiger partial charge in [0.15, 0.2) is 0 Å². The average Bonchev–Trinajstić information content (AvgIpc) is 2.30. The van der Waals surface area contributed by atoms with E-state index >= 15 is 0 Å². The van der Waals surface area contributed by atoms with Crippen molar-refractivity contribution in [1.29, 1.82) is 0 Å². The maximum Gasteiger partial charge on any atom is 0.248 e. The molecule has 0 aliphatic carbocycles. The van der Waals surface area contributed by atoms with E-state index < -0.39 is 9.04 Å². The molecule has 0 aromatic heterocycles. The number of hydrogen-bond donors (Lipinski definition) is 0. The molecule has 0 bridgehead atoms. The Morgan fingerprint density at radius 3 is 2.36 bits per heavy atom. The molecule has 1 atom stereocenters. The van der Waals surface area contributed by atoms with Crippen LogP contribution in [0.25, 0.3) is 0 Å². The van der Waals surface area contributed by atoms with Crippen LogP contribution in [-0.4, -0.2) is 26.6 Å². The quantitative estimate of drug-likeness (QED) is 0.659. The molecule has 0 spiro atoms. The molecule has 0 aromatic carbocycles. The Kier molecular flexibility index (Phi) is 3.37. The van der Waals surface area contributed by atoms with Crippen molar-refractivity contribution in [3.8, 4) is 0 Å². The van der Waals surface area contributed by atoms with Gasteiger partial charge in [-0.1, -0.05) is 20.8 Å². The first kappa shape index (κ1) is 11.7. The highest BCUT2D eigenvalue weighted by Crippen LogP contribution is 2.34. The Balaban J connectivity index is 2.60. The van der Waals surface area contributed by atoms with Gasteiger partial charge in [-0.05, 0) is 24.9 Å². The highest BCUT2D eigenvalue weighted by Gasteiger charge is 2.40. The van der Waals surface area contributed by atoms with E-state index in [1.54, 1.807) is 5.06 Å². The Morgan fingerprint density at radius 1 is 1.43 bits per heavy atom. The summed E-state index contributed by atoms with van der Waals surface area (Å²) in [4.78, 5) is 11.9. The van der Waals surface area contributed by atoms with E-state index in [-0.39, 0.29) is 17.2 Å². The van der Waals surface area contributed by atoms with Gasteiger partial charge in [0.1, 0.15) is 0 Å². The minimum atomic E-state index is -0.813. The zero-order valence-corrected chi connectivity index (χ0v) is 10.8. The van der Waals surface area contributed by atoms with E-state index in [1.807, 2.05) is 13.1 Å². The molecule has 0 N–H and O–H groups in total. The third-order valence-electron chi connectivity index (χ3n) is 2.50. The fourth-order valence-corrected chi connectivity index (χ4v) is 2.39. The number of hydroxylamine groups is 2. The van der Waals surface area contributed by atoms with Crippen molar-refractivity contribution in [2.75, 3.05) is 6.54 Å². The second-order valence-corrected chi connectivity index (χ2v) is 7.15. The highest BCUT2D eigenvalue weighted by molar-refractivity contribution is 6.48. The van der Waals surface area contributed by atoms with E-state index in [0.29, 0.717) is 0 Å². The van der Waals surface area contributed by atoms with Gasteiger partial charge in [-0.3, -0.25) is 4.79 Å². The molecule has 0 aromatic rings. The summed E-state index contributed by atoms with van der Waals surface area (Å²) >= 11 is 0. The molecule has 1 fully saturated rings. The minimum absolute atomic E-state index is 0.0591. The first-order chi connectivity index (χ1) is 6.32. The van der Waals surface area contributed by atoms with Crippen LogP contribution in [0.2, 0.25) is 13.1 Å². The van der Waals surface area contributed by atoms with Crippen LogP contribution in [-0.2, 0) is 9.32 Å². The molecule has 81 valence electrons. The summed E-state index contributed by atoms with van der Waals surface area (Å²) in [6, 6.07) is 0. The van der Waals surface area contributed by atoms with Gasteiger partial charge < -0.3 is 4.53 Å². The molecule has 4 heteroatoms. The fraction of sp³-hybridized carbons (Fsp3) is 0.900. The highest BCUT2D eigenvalue weighted by atomic mass is 28.3. The van der Waals surface area contributed by atoms with Crippen LogP contribution in [0.1, 0.15) is 27.2 Å². The van der Waals surface area contributed by atoms with Crippen molar-refractivity contribution in [1.82, 2.24) is 5.06 Å². The molecule has 1 radical (unpaired) electrons. The maximum absolute atomic E-state index is 11.9. The summed E-state index contributed by atoms with van der Waals surface area (Å²) in [5, 5.41) is 1.57. The monoisotopic (exact) mass is 214 g/mol. The van der Waals surface area contributed by atoms with Crippen molar-refractivity contribution in [2.24, 2.45) is 11.3 Å². The zero-order chi connectivity index (χ0) is 10.9. The summed E-state index contributed by atoms with van der Waals surface area (Å²) in [5.41, 5.74) is 0.0591. The summed E-state index contributed by atoms with van der Waals surface area (Å²) in [6.45, 7) is 11.2. The van der Waals surface area contributed by atoms with Crippen LogP contribution in [0.4, 0.5) is 0 Å². The van der Waals surface area contributed by atoms with Crippen molar-refractivity contribution in [3.05, 3.63) is 0 Å². The Bertz CT molecular complexity index is 223. The number of amides is 1. The van der Waals surface area contributed by atoms with E-state index in [1.165, 1.54) is 0 Å². The summed E-state index contributed by atoms with van der Waals surface area (Å²) < 4.78 is 5.53. The predicted octanol–water partition coefficient (Wildman–Crippen LogP) is 2.06. The van der Waals surface area contributed by atoms with Gasteiger partial charge in [-0.15, -0.1) is 0 Å². The number of carbonyl (C=O) groups is 1. The lowest BCUT2D eigenvalue weighted by Gasteiger charge is -2.26. The van der Waals surface area contributed by atoms with Crippen LogP contribution in [0.3, 0.4) is 0 Å². The van der Waals surface area contributed by atoms with Gasteiger partial charge >= 0.3 is 0 Å². The first-order valence-corrected chi connectivity index (χ1v) is 7.52. The zero-order valence-electron chi connectivity index (χ0n) is 9.76. The molecule has 1 amide bonds. The number of nitrogens with zero attached hydrogens (tertiary/aromatic N) is 1. The molecule has 3 nitrogen and oxygen atoms in total. The van der Waals surface area contributed by atoms with Crippen molar-refractivity contribution in [3.63, 3.8) is 0 Å². The van der Waals surface area contributed by atoms with Gasteiger partial charge in [0, 0.05) is 12.5 Å². The maximum atomic E-state index is 11.9. The molecule has 0 saturated carbocycles. The number of rotatable bonds is 2. The van der Waals surface area contributed by atoms with E-state index in [0.717, 1.165) is 13.0 Å². The SMILES string of the molecule is C[Si](C)ON1CCC(C(C)(C)C)C1=O. The summed E-state index contributed by atoms with van der Waals surface area (Å²) in [7, 11) is -0.813. The summed E-state index contributed by atoms with van der Waals surface area (Å²) in [5.74, 6) is 0.299. The molecule has 1 rings (SSSR count). The lowest BCUT2D eigenvalue weighted by molar-refractivity contribution is -0.156. The Morgan fingerprint density at radius 2 is 2.00 bits per heavy atom. The van der Waals surface area contributed by atoms with E-state index in [4.69, 9.17) is 4.53 Å². The van der Waals surface area contributed by atoms with Gasteiger partial charge in [0.25, 0.3) is 0 Å². The third kappa shape index (κ3) is 2.57. The lowest BCUT2D eigenvalue weighted by Crippen LogP contribution is -2.35. The minimum Gasteiger partial charge on any atom is -0.318 e. The van der Waals surface area contributed by atoms with Crippen LogP contribution < -0.4 is 0 Å². The van der Waals surface area contributed by atoms with Crippen LogP contribution in [0.5, 0.6) is 0 Å². The van der Waals surface area contributed by atoms with E-state index in [9.17, 15) is 4.79 Å². The normalized spacial score (nSPS) is 23.7. The van der Waals surface area contributed by atoms with Crippen molar-refractivity contribution in [2.45, 2.75) is 40.3 Å². The Hall–Kier alpha value is -0.353. The van der Waals surface area contributed by atoms with Gasteiger partial charge in [0.2, 0.25) is 14.9 Å². The standard InChI is InChI=1S/C10H20NO2Si/c1-10(2,3)8-6-7-11(9(8)12)13-14(4)5/h8H,6-7H2,1-5H3. The van der Waals surface area contributed by atoms with Gasteiger partial charge in [0.05, 0.1) is 0 Å². The second kappa shape index (κ2) is 4.02. The van der Waals surface area contributed by atoms with Crippen LogP contribution in [0.15, 0.2) is 0 Å². The predicted molar refractivity (Wildman–Crippen MR) is 57.8 cm³/mol. The second-order valence-electron chi connectivity index (χ2n) is 5.15. The van der Waals surface area contributed by atoms with Gasteiger partial charge in [-0.2, -0.15) is 0 Å². The molecule has 1 saturated heterocycles. The molecule has 1 aliphatic heterocycles. The van der Waals surface area contributed by atoms with Crippen LogP contribution >= 0.6 is 0 Å². The van der Waals surface area contributed by atoms with E-state index in [2.05, 4.69) is 20.8 Å². The summed E-state index contributed by atoms with van der Waals surface area (Å²) in [6.07, 6.45) is 0.928. The van der Waals surface area contributed by atoms with Crippen LogP contribution in [0, 0.1) is 11.3 Å². The Labute approximate surface area is 88.1 Å².